The van der Waals surface area contributed by atoms with Gasteiger partial charge < -0.3 is 9.64 Å². The third kappa shape index (κ3) is 3.15. The molecular weight excluding hydrogens is 280 g/mol. The van der Waals surface area contributed by atoms with Crippen molar-refractivity contribution in [2.24, 2.45) is 0 Å². The summed E-state index contributed by atoms with van der Waals surface area (Å²) in [5.41, 5.74) is 0.399. The van der Waals surface area contributed by atoms with Gasteiger partial charge in [0.05, 0.1) is 24.1 Å². The summed E-state index contributed by atoms with van der Waals surface area (Å²) in [4.78, 5) is 13.9. The molecule has 0 radical (unpaired) electrons. The van der Waals surface area contributed by atoms with Gasteiger partial charge in [0.1, 0.15) is 0 Å². The maximum absolute atomic E-state index is 12.2. The van der Waals surface area contributed by atoms with Crippen molar-refractivity contribution in [1.29, 1.82) is 5.26 Å². The second-order valence-corrected chi connectivity index (χ2v) is 6.55. The SMILES string of the molecule is CS(=O)(=O)c1ccc(C(=O)N2CCOC(C#N)C2)cc1. The van der Waals surface area contributed by atoms with Crippen LogP contribution in [-0.4, -0.2) is 51.3 Å². The van der Waals surface area contributed by atoms with E-state index in [1.54, 1.807) is 0 Å². The van der Waals surface area contributed by atoms with Gasteiger partial charge in [0.25, 0.3) is 5.91 Å². The third-order valence-corrected chi connectivity index (χ3v) is 4.16. The molecular formula is C13H14N2O4S. The van der Waals surface area contributed by atoms with Crippen LogP contribution in [0.1, 0.15) is 10.4 Å². The van der Waals surface area contributed by atoms with E-state index in [1.807, 2.05) is 6.07 Å². The molecule has 1 aliphatic rings. The van der Waals surface area contributed by atoms with E-state index in [9.17, 15) is 13.2 Å². The molecule has 0 bridgehead atoms. The van der Waals surface area contributed by atoms with Crippen LogP contribution in [0.5, 0.6) is 0 Å². The van der Waals surface area contributed by atoms with Crippen LogP contribution in [0, 0.1) is 11.3 Å². The van der Waals surface area contributed by atoms with Crippen LogP contribution in [-0.2, 0) is 14.6 Å². The van der Waals surface area contributed by atoms with Crippen molar-refractivity contribution in [2.75, 3.05) is 26.0 Å². The van der Waals surface area contributed by atoms with Crippen molar-refractivity contribution in [3.05, 3.63) is 29.8 Å². The summed E-state index contributed by atoms with van der Waals surface area (Å²) in [5.74, 6) is -0.228. The maximum Gasteiger partial charge on any atom is 0.254 e. The van der Waals surface area contributed by atoms with Crippen LogP contribution in [0.4, 0.5) is 0 Å². The Hall–Kier alpha value is -1.91. The fourth-order valence-electron chi connectivity index (χ4n) is 1.94. The normalized spacial score (nSPS) is 19.4. The highest BCUT2D eigenvalue weighted by Gasteiger charge is 2.24. The average molecular weight is 294 g/mol. The number of nitriles is 1. The van der Waals surface area contributed by atoms with E-state index in [0.29, 0.717) is 18.7 Å². The van der Waals surface area contributed by atoms with Crippen molar-refractivity contribution in [2.45, 2.75) is 11.0 Å². The lowest BCUT2D eigenvalue weighted by Gasteiger charge is -2.29. The first-order valence-electron chi connectivity index (χ1n) is 6.02. The number of benzene rings is 1. The van der Waals surface area contributed by atoms with Gasteiger partial charge in [-0.25, -0.2) is 8.42 Å². The third-order valence-electron chi connectivity index (χ3n) is 3.03. The molecule has 106 valence electrons. The molecule has 1 aromatic carbocycles. The Kier molecular flexibility index (Phi) is 4.06. The molecule has 0 saturated carbocycles. The summed E-state index contributed by atoms with van der Waals surface area (Å²) in [6, 6.07) is 7.75. The van der Waals surface area contributed by atoms with Crippen LogP contribution < -0.4 is 0 Å². The molecule has 0 N–H and O–H groups in total. The average Bonchev–Trinajstić information content (AvgIpc) is 2.46. The van der Waals surface area contributed by atoms with Crippen LogP contribution in [0.25, 0.3) is 0 Å². The quantitative estimate of drug-likeness (QED) is 0.790. The second kappa shape index (κ2) is 5.61. The number of amides is 1. The summed E-state index contributed by atoms with van der Waals surface area (Å²) in [5, 5.41) is 8.81. The zero-order chi connectivity index (χ0) is 14.8. The van der Waals surface area contributed by atoms with Crippen LogP contribution >= 0.6 is 0 Å². The molecule has 7 heteroatoms. The van der Waals surface area contributed by atoms with Gasteiger partial charge in [-0.05, 0) is 24.3 Å². The smallest absolute Gasteiger partial charge is 0.254 e. The lowest BCUT2D eigenvalue weighted by molar-refractivity contribution is 0.00346. The minimum absolute atomic E-state index is 0.172. The van der Waals surface area contributed by atoms with E-state index < -0.39 is 15.9 Å². The molecule has 2 rings (SSSR count). The summed E-state index contributed by atoms with van der Waals surface area (Å²) < 4.78 is 27.9. The molecule has 20 heavy (non-hydrogen) atoms. The molecule has 0 aromatic heterocycles. The van der Waals surface area contributed by atoms with Gasteiger partial charge in [0, 0.05) is 18.4 Å². The number of rotatable bonds is 2. The van der Waals surface area contributed by atoms with E-state index >= 15 is 0 Å². The number of sulfone groups is 1. The fourth-order valence-corrected chi connectivity index (χ4v) is 2.57. The number of morpholine rings is 1. The number of carbonyl (C=O) groups excluding carboxylic acids is 1. The Morgan fingerprint density at radius 2 is 2.05 bits per heavy atom. The van der Waals surface area contributed by atoms with Gasteiger partial charge >= 0.3 is 0 Å². The summed E-state index contributed by atoms with van der Waals surface area (Å²) in [6.07, 6.45) is 0.506. The topological polar surface area (TPSA) is 87.5 Å². The van der Waals surface area contributed by atoms with Gasteiger partial charge in [-0.3, -0.25) is 4.79 Å². The molecule has 6 nitrogen and oxygen atoms in total. The van der Waals surface area contributed by atoms with Gasteiger partial charge in [-0.15, -0.1) is 0 Å². The zero-order valence-electron chi connectivity index (χ0n) is 10.9. The maximum atomic E-state index is 12.2. The molecule has 1 fully saturated rings. The lowest BCUT2D eigenvalue weighted by Crippen LogP contribution is -2.45. The highest BCUT2D eigenvalue weighted by Crippen LogP contribution is 2.14. The molecule has 1 amide bonds. The number of carbonyl (C=O) groups is 1. The number of ether oxygens (including phenoxy) is 1. The fraction of sp³-hybridized carbons (Fsp3) is 0.385. The predicted octanol–water partition coefficient (Wildman–Crippen LogP) is 0.455. The van der Waals surface area contributed by atoms with E-state index in [2.05, 4.69) is 0 Å². The van der Waals surface area contributed by atoms with Crippen molar-refractivity contribution < 1.29 is 17.9 Å². The van der Waals surface area contributed by atoms with Gasteiger partial charge in [0.15, 0.2) is 15.9 Å². The molecule has 1 aromatic rings. The molecule has 1 atom stereocenters. The van der Waals surface area contributed by atoms with Crippen LogP contribution in [0.15, 0.2) is 29.2 Å². The zero-order valence-corrected chi connectivity index (χ0v) is 11.8. The van der Waals surface area contributed by atoms with Gasteiger partial charge in [-0.1, -0.05) is 0 Å². The summed E-state index contributed by atoms with van der Waals surface area (Å²) >= 11 is 0. The molecule has 0 aliphatic carbocycles. The number of hydrogen-bond acceptors (Lipinski definition) is 5. The first-order valence-corrected chi connectivity index (χ1v) is 7.91. The summed E-state index contributed by atoms with van der Waals surface area (Å²) in [6.45, 7) is 0.972. The monoisotopic (exact) mass is 294 g/mol. The van der Waals surface area contributed by atoms with E-state index in [4.69, 9.17) is 10.00 Å². The highest BCUT2D eigenvalue weighted by atomic mass is 32.2. The van der Waals surface area contributed by atoms with Gasteiger partial charge in [0.2, 0.25) is 0 Å². The first kappa shape index (κ1) is 14.5. The first-order chi connectivity index (χ1) is 9.41. The molecule has 1 heterocycles. The van der Waals surface area contributed by atoms with Gasteiger partial charge in [-0.2, -0.15) is 5.26 Å². The Balaban J connectivity index is 2.16. The van der Waals surface area contributed by atoms with Crippen molar-refractivity contribution >= 4 is 15.7 Å². The molecule has 1 aliphatic heterocycles. The Bertz CT molecular complexity index is 646. The molecule has 0 spiro atoms. The number of nitrogens with zero attached hydrogens (tertiary/aromatic N) is 2. The lowest BCUT2D eigenvalue weighted by atomic mass is 10.2. The Morgan fingerprint density at radius 3 is 2.60 bits per heavy atom. The summed E-state index contributed by atoms with van der Waals surface area (Å²) in [7, 11) is -3.27. The molecule has 1 unspecified atom stereocenters. The minimum atomic E-state index is -3.27. The van der Waals surface area contributed by atoms with Crippen LogP contribution in [0.2, 0.25) is 0 Å². The second-order valence-electron chi connectivity index (χ2n) is 4.54. The predicted molar refractivity (Wildman–Crippen MR) is 70.8 cm³/mol. The minimum Gasteiger partial charge on any atom is -0.360 e. The van der Waals surface area contributed by atoms with E-state index in [0.717, 1.165) is 6.26 Å². The van der Waals surface area contributed by atoms with Crippen molar-refractivity contribution in [3.8, 4) is 6.07 Å². The standard InChI is InChI=1S/C13H14N2O4S/c1-20(17,18)12-4-2-10(3-5-12)13(16)15-6-7-19-11(8-14)9-15/h2-5,11H,6-7,9H2,1H3. The Morgan fingerprint density at radius 1 is 1.40 bits per heavy atom. The molecule has 1 saturated heterocycles. The van der Waals surface area contributed by atoms with E-state index in [-0.39, 0.29) is 17.3 Å². The van der Waals surface area contributed by atoms with Crippen molar-refractivity contribution in [3.63, 3.8) is 0 Å². The highest BCUT2D eigenvalue weighted by molar-refractivity contribution is 7.90. The Labute approximate surface area is 117 Å². The van der Waals surface area contributed by atoms with Crippen LogP contribution in [0.3, 0.4) is 0 Å². The number of hydrogen-bond donors (Lipinski definition) is 0. The largest absolute Gasteiger partial charge is 0.360 e. The van der Waals surface area contributed by atoms with Crippen molar-refractivity contribution in [1.82, 2.24) is 4.90 Å². The van der Waals surface area contributed by atoms with E-state index in [1.165, 1.54) is 29.2 Å².